The summed E-state index contributed by atoms with van der Waals surface area (Å²) in [5, 5.41) is 1.18. The van der Waals surface area contributed by atoms with E-state index in [1.807, 2.05) is 0 Å². The molecule has 5 heteroatoms. The van der Waals surface area contributed by atoms with E-state index in [0.29, 0.717) is 16.5 Å². The summed E-state index contributed by atoms with van der Waals surface area (Å²) in [6, 6.07) is 9.67. The molecule has 1 N–H and O–H groups in total. The molecule has 0 aromatic heterocycles. The van der Waals surface area contributed by atoms with Gasteiger partial charge in [-0.25, -0.2) is 0 Å². The summed E-state index contributed by atoms with van der Waals surface area (Å²) in [7, 11) is -2.65. The second-order valence-corrected chi connectivity index (χ2v) is 4.71. The molecule has 0 unspecified atom stereocenters. The highest BCUT2D eigenvalue weighted by molar-refractivity contribution is 7.86. The second kappa shape index (κ2) is 3.77. The van der Waals surface area contributed by atoms with Gasteiger partial charge in [-0.3, -0.25) is 4.55 Å². The predicted molar refractivity (Wildman–Crippen MR) is 60.3 cm³/mol. The Bertz CT molecular complexity index is 631. The van der Waals surface area contributed by atoms with Crippen LogP contribution in [0.1, 0.15) is 0 Å². The molecule has 0 aliphatic heterocycles. The second-order valence-electron chi connectivity index (χ2n) is 3.32. The highest BCUT2D eigenvalue weighted by Gasteiger charge is 2.13. The standard InChI is InChI=1S/C11H10O4S/c1-15-9-5-6-10-8(7-9)3-2-4-11(10)16(12,13)14/h2-7H,1H3,(H,12,13,14). The maximum atomic E-state index is 11.1. The van der Waals surface area contributed by atoms with Crippen molar-refractivity contribution in [3.63, 3.8) is 0 Å². The fourth-order valence-electron chi connectivity index (χ4n) is 1.58. The van der Waals surface area contributed by atoms with Crippen molar-refractivity contribution in [2.45, 2.75) is 4.90 Å². The molecule has 0 amide bonds. The number of rotatable bonds is 2. The lowest BCUT2D eigenvalue weighted by atomic mass is 10.1. The summed E-state index contributed by atoms with van der Waals surface area (Å²) in [4.78, 5) is -0.0901. The van der Waals surface area contributed by atoms with Gasteiger partial charge in [0.2, 0.25) is 0 Å². The minimum absolute atomic E-state index is 0.0901. The Labute approximate surface area is 93.2 Å². The van der Waals surface area contributed by atoms with E-state index in [-0.39, 0.29) is 4.90 Å². The maximum Gasteiger partial charge on any atom is 0.295 e. The van der Waals surface area contributed by atoms with Crippen LogP contribution in [0.4, 0.5) is 0 Å². The van der Waals surface area contributed by atoms with Crippen molar-refractivity contribution in [1.82, 2.24) is 0 Å². The number of ether oxygens (including phenoxy) is 1. The number of methoxy groups -OCH3 is 1. The van der Waals surface area contributed by atoms with Crippen LogP contribution in [0.15, 0.2) is 41.3 Å². The first-order chi connectivity index (χ1) is 7.52. The highest BCUT2D eigenvalue weighted by atomic mass is 32.2. The molecule has 0 radical (unpaired) electrons. The average molecular weight is 238 g/mol. The van der Waals surface area contributed by atoms with Crippen molar-refractivity contribution in [3.05, 3.63) is 36.4 Å². The van der Waals surface area contributed by atoms with Crippen molar-refractivity contribution in [3.8, 4) is 5.75 Å². The molecule has 2 aromatic carbocycles. The van der Waals surface area contributed by atoms with Gasteiger partial charge >= 0.3 is 0 Å². The third-order valence-electron chi connectivity index (χ3n) is 2.33. The zero-order valence-corrected chi connectivity index (χ0v) is 9.36. The van der Waals surface area contributed by atoms with Crippen LogP contribution in [0, 0.1) is 0 Å². The Morgan fingerprint density at radius 3 is 2.56 bits per heavy atom. The van der Waals surface area contributed by atoms with Gasteiger partial charge in [-0.1, -0.05) is 12.1 Å². The minimum atomic E-state index is -4.19. The lowest BCUT2D eigenvalue weighted by Gasteiger charge is -2.05. The van der Waals surface area contributed by atoms with Crippen LogP contribution in [0.2, 0.25) is 0 Å². The SMILES string of the molecule is COc1ccc2c(S(=O)(=O)O)cccc2c1. The van der Waals surface area contributed by atoms with Crippen molar-refractivity contribution in [2.75, 3.05) is 7.11 Å². The summed E-state index contributed by atoms with van der Waals surface area (Å²) >= 11 is 0. The average Bonchev–Trinajstić information content (AvgIpc) is 2.26. The first-order valence-corrected chi connectivity index (χ1v) is 6.00. The smallest absolute Gasteiger partial charge is 0.295 e. The van der Waals surface area contributed by atoms with Crippen molar-refractivity contribution >= 4 is 20.9 Å². The van der Waals surface area contributed by atoms with Gasteiger partial charge in [0.15, 0.2) is 0 Å². The quantitative estimate of drug-likeness (QED) is 0.814. The Kier molecular flexibility index (Phi) is 2.57. The molecule has 4 nitrogen and oxygen atoms in total. The first kappa shape index (κ1) is 10.9. The molecule has 0 saturated heterocycles. The molecule has 2 aromatic rings. The van der Waals surface area contributed by atoms with Crippen molar-refractivity contribution in [2.24, 2.45) is 0 Å². The molecule has 84 valence electrons. The van der Waals surface area contributed by atoms with Crippen LogP contribution in [0.3, 0.4) is 0 Å². The zero-order valence-electron chi connectivity index (χ0n) is 8.54. The van der Waals surface area contributed by atoms with E-state index in [1.54, 1.807) is 30.3 Å². The third kappa shape index (κ3) is 1.87. The number of benzene rings is 2. The molecule has 16 heavy (non-hydrogen) atoms. The molecule has 0 aliphatic carbocycles. The molecule has 0 saturated carbocycles. The van der Waals surface area contributed by atoms with Gasteiger partial charge in [-0.05, 0) is 29.7 Å². The topological polar surface area (TPSA) is 63.6 Å². The van der Waals surface area contributed by atoms with E-state index >= 15 is 0 Å². The van der Waals surface area contributed by atoms with Gasteiger partial charge in [0, 0.05) is 5.39 Å². The number of hydrogen-bond donors (Lipinski definition) is 1. The fraction of sp³-hybridized carbons (Fsp3) is 0.0909. The molecule has 0 bridgehead atoms. The zero-order chi connectivity index (χ0) is 11.8. The Hall–Kier alpha value is -1.59. The lowest BCUT2D eigenvalue weighted by molar-refractivity contribution is 0.415. The monoisotopic (exact) mass is 238 g/mol. The molecule has 0 spiro atoms. The molecule has 0 heterocycles. The van der Waals surface area contributed by atoms with Crippen LogP contribution in [-0.2, 0) is 10.1 Å². The summed E-state index contributed by atoms with van der Waals surface area (Å²) in [5.74, 6) is 0.639. The van der Waals surface area contributed by atoms with E-state index in [4.69, 9.17) is 9.29 Å². The van der Waals surface area contributed by atoms with Gasteiger partial charge in [0.1, 0.15) is 10.6 Å². The van der Waals surface area contributed by atoms with Crippen LogP contribution in [0.25, 0.3) is 10.8 Å². The van der Waals surface area contributed by atoms with Gasteiger partial charge in [0.05, 0.1) is 7.11 Å². The molecular weight excluding hydrogens is 228 g/mol. The molecule has 0 fully saturated rings. The highest BCUT2D eigenvalue weighted by Crippen LogP contribution is 2.26. The van der Waals surface area contributed by atoms with E-state index in [0.717, 1.165) is 0 Å². The van der Waals surface area contributed by atoms with Crippen LogP contribution in [-0.4, -0.2) is 20.1 Å². The van der Waals surface area contributed by atoms with Crippen molar-refractivity contribution in [1.29, 1.82) is 0 Å². The maximum absolute atomic E-state index is 11.1. The van der Waals surface area contributed by atoms with E-state index < -0.39 is 10.1 Å². The predicted octanol–water partition coefficient (Wildman–Crippen LogP) is 2.10. The minimum Gasteiger partial charge on any atom is -0.497 e. The summed E-state index contributed by atoms with van der Waals surface area (Å²) in [5.41, 5.74) is 0. The molecule has 2 rings (SSSR count). The summed E-state index contributed by atoms with van der Waals surface area (Å²) < 4.78 is 36.3. The van der Waals surface area contributed by atoms with Crippen LogP contribution < -0.4 is 4.74 Å². The van der Waals surface area contributed by atoms with Gasteiger partial charge in [-0.15, -0.1) is 0 Å². The lowest BCUT2D eigenvalue weighted by Crippen LogP contribution is -1.98. The Morgan fingerprint density at radius 1 is 1.19 bits per heavy atom. The fourth-order valence-corrected chi connectivity index (χ4v) is 2.30. The first-order valence-electron chi connectivity index (χ1n) is 4.56. The van der Waals surface area contributed by atoms with E-state index in [2.05, 4.69) is 0 Å². The van der Waals surface area contributed by atoms with Gasteiger partial charge < -0.3 is 4.74 Å². The van der Waals surface area contributed by atoms with Crippen LogP contribution in [0.5, 0.6) is 5.75 Å². The number of hydrogen-bond acceptors (Lipinski definition) is 3. The van der Waals surface area contributed by atoms with E-state index in [1.165, 1.54) is 13.2 Å². The summed E-state index contributed by atoms with van der Waals surface area (Å²) in [6.45, 7) is 0. The van der Waals surface area contributed by atoms with Crippen molar-refractivity contribution < 1.29 is 17.7 Å². The van der Waals surface area contributed by atoms with Gasteiger partial charge in [0.25, 0.3) is 10.1 Å². The third-order valence-corrected chi connectivity index (χ3v) is 3.24. The largest absolute Gasteiger partial charge is 0.497 e. The van der Waals surface area contributed by atoms with Crippen LogP contribution >= 0.6 is 0 Å². The molecule has 0 atom stereocenters. The van der Waals surface area contributed by atoms with Gasteiger partial charge in [-0.2, -0.15) is 8.42 Å². The van der Waals surface area contributed by atoms with E-state index in [9.17, 15) is 8.42 Å². The molecular formula is C11H10O4S. The molecule has 0 aliphatic rings. The summed E-state index contributed by atoms with van der Waals surface area (Å²) in [6.07, 6.45) is 0. The Morgan fingerprint density at radius 2 is 1.94 bits per heavy atom. The number of fused-ring (bicyclic) bond motifs is 1. The normalized spacial score (nSPS) is 11.6. The Balaban J connectivity index is 2.80.